The van der Waals surface area contributed by atoms with Gasteiger partial charge in [0.2, 0.25) is 0 Å². The number of unbranched alkanes of at least 4 members (excludes halogenated alkanes) is 18. The molecular formula is C47H81NO6. The maximum atomic E-state index is 13.0. The summed E-state index contributed by atoms with van der Waals surface area (Å²) in [5, 5.41) is 17.4. The first-order valence-corrected chi connectivity index (χ1v) is 22.1. The van der Waals surface area contributed by atoms with Gasteiger partial charge in [-0.3, -0.25) is 14.4 Å². The minimum atomic E-state index is -0.685. The lowest BCUT2D eigenvalue weighted by Crippen LogP contribution is -2.33. The molecule has 1 heterocycles. The molecule has 1 fully saturated rings. The molecule has 7 heteroatoms. The molecule has 0 aliphatic carbocycles. The van der Waals surface area contributed by atoms with E-state index in [0.717, 1.165) is 109 Å². The number of carboxylic acid groups (broad SMARTS) is 2. The highest BCUT2D eigenvalue weighted by Gasteiger charge is 2.40. The quantitative estimate of drug-likeness (QED) is 0.0369. The minimum Gasteiger partial charge on any atom is -0.481 e. The number of carboxylic acids is 2. The number of carbonyl (C=O) groups is 3. The maximum Gasteiger partial charge on any atom is 0.313 e. The molecule has 54 heavy (non-hydrogen) atoms. The Bertz CT molecular complexity index is 1000. The number of aliphatic carboxylic acids is 2. The van der Waals surface area contributed by atoms with Crippen molar-refractivity contribution in [2.24, 2.45) is 11.3 Å². The van der Waals surface area contributed by atoms with Gasteiger partial charge in [0.05, 0.1) is 12.0 Å². The molecule has 2 N–H and O–H groups in total. The monoisotopic (exact) mass is 756 g/mol. The first-order chi connectivity index (χ1) is 26.2. The summed E-state index contributed by atoms with van der Waals surface area (Å²) in [4.78, 5) is 36.3. The number of rotatable bonds is 37. The van der Waals surface area contributed by atoms with Crippen LogP contribution in [0.4, 0.5) is 0 Å². The van der Waals surface area contributed by atoms with Crippen molar-refractivity contribution < 1.29 is 29.3 Å². The van der Waals surface area contributed by atoms with Crippen LogP contribution < -0.4 is 0 Å². The topological polar surface area (TPSA) is 104 Å². The van der Waals surface area contributed by atoms with Gasteiger partial charge in [-0.15, -0.1) is 0 Å². The van der Waals surface area contributed by atoms with Crippen LogP contribution in [0.1, 0.15) is 193 Å². The van der Waals surface area contributed by atoms with E-state index in [2.05, 4.69) is 67.5 Å². The molecule has 0 amide bonds. The van der Waals surface area contributed by atoms with Crippen molar-refractivity contribution in [2.75, 3.05) is 26.7 Å². The first kappa shape index (κ1) is 49.3. The highest BCUT2D eigenvalue weighted by Crippen LogP contribution is 2.31. The lowest BCUT2D eigenvalue weighted by atomic mass is 9.90. The van der Waals surface area contributed by atoms with Gasteiger partial charge in [0.1, 0.15) is 0 Å². The summed E-state index contributed by atoms with van der Waals surface area (Å²) in [5.74, 6) is -0.913. The molecule has 310 valence electrons. The number of esters is 1. The number of nitrogens with zero attached hydrogens (tertiary/aromatic N) is 1. The van der Waals surface area contributed by atoms with E-state index in [-0.39, 0.29) is 11.4 Å². The minimum absolute atomic E-state index is 0.00459. The summed E-state index contributed by atoms with van der Waals surface area (Å²) in [6, 6.07) is 0. The number of likely N-dealkylation sites (tertiary alicyclic amines) is 1. The van der Waals surface area contributed by atoms with Gasteiger partial charge in [0, 0.05) is 19.4 Å². The Morgan fingerprint density at radius 3 is 1.31 bits per heavy atom. The number of ether oxygens (including phenoxy) is 1. The number of hydrogen-bond donors (Lipinski definition) is 2. The highest BCUT2D eigenvalue weighted by atomic mass is 16.5. The van der Waals surface area contributed by atoms with Crippen molar-refractivity contribution in [1.29, 1.82) is 0 Å². The van der Waals surface area contributed by atoms with Gasteiger partial charge in [-0.05, 0) is 123 Å². The smallest absolute Gasteiger partial charge is 0.313 e. The van der Waals surface area contributed by atoms with Crippen LogP contribution in [0, 0.1) is 11.3 Å². The number of hydrogen-bond acceptors (Lipinski definition) is 5. The molecule has 1 unspecified atom stereocenters. The molecule has 1 atom stereocenters. The summed E-state index contributed by atoms with van der Waals surface area (Å²) < 4.78 is 5.99. The van der Waals surface area contributed by atoms with Crippen molar-refractivity contribution >= 4 is 17.9 Å². The van der Waals surface area contributed by atoms with E-state index >= 15 is 0 Å². The van der Waals surface area contributed by atoms with Gasteiger partial charge in [0.25, 0.3) is 0 Å². The molecule has 0 aromatic rings. The number of carbonyl (C=O) groups excluding carboxylic acids is 1. The van der Waals surface area contributed by atoms with Gasteiger partial charge < -0.3 is 19.8 Å². The van der Waals surface area contributed by atoms with E-state index < -0.39 is 11.9 Å². The molecule has 0 aromatic heterocycles. The average molecular weight is 756 g/mol. The molecule has 0 aromatic carbocycles. The molecular weight excluding hydrogens is 675 g/mol. The SMILES string of the molecule is CN1CCC(C)(C(=O)OCC(CCCCCC/C=C\C/C=C\CCCCCCCC(=O)O)CCCCCC/C=C\C/C=C\CCCCCCCC(=O)O)C1. The fraction of sp³-hybridized carbons (Fsp3) is 0.766. The van der Waals surface area contributed by atoms with Crippen LogP contribution in [0.3, 0.4) is 0 Å². The van der Waals surface area contributed by atoms with Crippen LogP contribution in [0.5, 0.6) is 0 Å². The van der Waals surface area contributed by atoms with Crippen LogP contribution in [0.15, 0.2) is 48.6 Å². The Morgan fingerprint density at radius 1 is 0.574 bits per heavy atom. The average Bonchev–Trinajstić information content (AvgIpc) is 3.50. The standard InChI is InChI=1S/C47H81NO6/c1-47(39-40-48(2)42-47)46(53)54-41-43(35-31-27-23-19-15-11-7-3-5-9-13-17-21-25-29-33-37-44(49)50)36-32-28-24-20-16-12-8-4-6-10-14-18-22-26-30-34-38-45(51)52/h5-12,43H,3-4,13-42H2,1-2H3,(H,49,50)(H,51,52)/b9-5-,10-6-,11-7-,12-8-. The summed E-state index contributed by atoms with van der Waals surface area (Å²) >= 11 is 0. The Balaban J connectivity index is 2.18. The fourth-order valence-corrected chi connectivity index (χ4v) is 7.29. The zero-order valence-electron chi connectivity index (χ0n) is 34.8. The highest BCUT2D eigenvalue weighted by molar-refractivity contribution is 5.77. The summed E-state index contributed by atoms with van der Waals surface area (Å²) in [6.07, 6.45) is 49.2. The van der Waals surface area contributed by atoms with Crippen LogP contribution in [-0.2, 0) is 19.1 Å². The Morgan fingerprint density at radius 2 is 0.944 bits per heavy atom. The van der Waals surface area contributed by atoms with E-state index in [1.54, 1.807) is 0 Å². The largest absolute Gasteiger partial charge is 0.481 e. The lowest BCUT2D eigenvalue weighted by molar-refractivity contribution is -0.155. The molecule has 1 rings (SSSR count). The molecule has 1 aliphatic rings. The Hall–Kier alpha value is -2.67. The Kier molecular flexibility index (Phi) is 31.8. The summed E-state index contributed by atoms with van der Waals surface area (Å²) in [5.41, 5.74) is -0.358. The second-order valence-electron chi connectivity index (χ2n) is 16.3. The summed E-state index contributed by atoms with van der Waals surface area (Å²) in [7, 11) is 2.09. The van der Waals surface area contributed by atoms with Crippen LogP contribution >= 0.6 is 0 Å². The van der Waals surface area contributed by atoms with Gasteiger partial charge in [-0.2, -0.15) is 0 Å². The molecule has 0 bridgehead atoms. The van der Waals surface area contributed by atoms with Crippen molar-refractivity contribution in [3.8, 4) is 0 Å². The maximum absolute atomic E-state index is 13.0. The van der Waals surface area contributed by atoms with Gasteiger partial charge in [0.15, 0.2) is 0 Å². The van der Waals surface area contributed by atoms with E-state index in [0.29, 0.717) is 25.4 Å². The van der Waals surface area contributed by atoms with Crippen LogP contribution in [-0.4, -0.2) is 59.8 Å². The van der Waals surface area contributed by atoms with E-state index in [1.807, 2.05) is 0 Å². The normalized spacial score (nSPS) is 16.6. The molecule has 1 aliphatic heterocycles. The third-order valence-corrected chi connectivity index (χ3v) is 10.8. The third kappa shape index (κ3) is 30.6. The second-order valence-corrected chi connectivity index (χ2v) is 16.3. The molecule has 0 spiro atoms. The van der Waals surface area contributed by atoms with Gasteiger partial charge in [-0.1, -0.05) is 126 Å². The van der Waals surface area contributed by atoms with Crippen molar-refractivity contribution in [3.05, 3.63) is 48.6 Å². The second kappa shape index (κ2) is 34.8. The first-order valence-electron chi connectivity index (χ1n) is 22.1. The van der Waals surface area contributed by atoms with Gasteiger partial charge >= 0.3 is 17.9 Å². The van der Waals surface area contributed by atoms with Crippen LogP contribution in [0.2, 0.25) is 0 Å². The molecule has 1 saturated heterocycles. The van der Waals surface area contributed by atoms with E-state index in [4.69, 9.17) is 14.9 Å². The van der Waals surface area contributed by atoms with Crippen LogP contribution in [0.25, 0.3) is 0 Å². The van der Waals surface area contributed by atoms with Crippen molar-refractivity contribution in [1.82, 2.24) is 4.90 Å². The zero-order valence-corrected chi connectivity index (χ0v) is 34.8. The third-order valence-electron chi connectivity index (χ3n) is 10.8. The Labute approximate surface area is 331 Å². The molecule has 0 radical (unpaired) electrons. The molecule has 7 nitrogen and oxygen atoms in total. The number of allylic oxidation sites excluding steroid dienone is 8. The fourth-order valence-electron chi connectivity index (χ4n) is 7.29. The van der Waals surface area contributed by atoms with E-state index in [1.165, 1.54) is 77.0 Å². The summed E-state index contributed by atoms with van der Waals surface area (Å²) in [6.45, 7) is 4.40. The zero-order chi connectivity index (χ0) is 39.4. The van der Waals surface area contributed by atoms with E-state index in [9.17, 15) is 14.4 Å². The van der Waals surface area contributed by atoms with Gasteiger partial charge in [-0.25, -0.2) is 0 Å². The predicted octanol–water partition coefficient (Wildman–Crippen LogP) is 12.8. The lowest BCUT2D eigenvalue weighted by Gasteiger charge is -2.24. The van der Waals surface area contributed by atoms with Crippen molar-refractivity contribution in [3.63, 3.8) is 0 Å². The predicted molar refractivity (Wildman–Crippen MR) is 226 cm³/mol. The van der Waals surface area contributed by atoms with Crippen molar-refractivity contribution in [2.45, 2.75) is 193 Å². The molecule has 0 saturated carbocycles.